The van der Waals surface area contributed by atoms with Gasteiger partial charge in [0.15, 0.2) is 0 Å². The number of rotatable bonds is 14. The summed E-state index contributed by atoms with van der Waals surface area (Å²) in [6.07, 6.45) is 17.8. The van der Waals surface area contributed by atoms with Gasteiger partial charge in [-0.05, 0) is 50.0 Å². The first-order chi connectivity index (χ1) is 11.7. The predicted molar refractivity (Wildman–Crippen MR) is 95.8 cm³/mol. The molecule has 0 radical (unpaired) electrons. The summed E-state index contributed by atoms with van der Waals surface area (Å²) >= 11 is 0. The molecule has 2 N–H and O–H groups in total. The van der Waals surface area contributed by atoms with Crippen molar-refractivity contribution in [2.45, 2.75) is 70.6 Å². The van der Waals surface area contributed by atoms with Crippen molar-refractivity contribution < 1.29 is 19.8 Å². The van der Waals surface area contributed by atoms with Crippen molar-refractivity contribution in [3.05, 3.63) is 23.8 Å². The summed E-state index contributed by atoms with van der Waals surface area (Å²) in [6.45, 7) is 0.132. The molecule has 1 aliphatic carbocycles. The molecular weight excluding hydrogens is 304 g/mol. The lowest BCUT2D eigenvalue weighted by Crippen LogP contribution is -2.12. The van der Waals surface area contributed by atoms with Crippen LogP contribution < -0.4 is 0 Å². The first kappa shape index (κ1) is 20.6. The highest BCUT2D eigenvalue weighted by atomic mass is 16.4. The molecule has 0 bridgehead atoms. The molecular formula is C20H32O4. The van der Waals surface area contributed by atoms with Crippen LogP contribution in [-0.4, -0.2) is 29.1 Å². The lowest BCUT2D eigenvalue weighted by atomic mass is 9.88. The van der Waals surface area contributed by atoms with E-state index in [0.717, 1.165) is 56.8 Å². The molecule has 1 aliphatic rings. The van der Waals surface area contributed by atoms with Gasteiger partial charge in [0.1, 0.15) is 6.29 Å². The van der Waals surface area contributed by atoms with Gasteiger partial charge in [0, 0.05) is 12.3 Å². The van der Waals surface area contributed by atoms with Crippen LogP contribution in [0.4, 0.5) is 0 Å². The van der Waals surface area contributed by atoms with Gasteiger partial charge in [0.25, 0.3) is 0 Å². The van der Waals surface area contributed by atoms with E-state index < -0.39 is 5.97 Å². The molecule has 2 atom stereocenters. The van der Waals surface area contributed by atoms with E-state index in [2.05, 4.69) is 12.2 Å². The fraction of sp³-hybridized carbons (Fsp3) is 0.700. The van der Waals surface area contributed by atoms with Gasteiger partial charge in [0.2, 0.25) is 0 Å². The number of aldehydes is 1. The monoisotopic (exact) mass is 336 g/mol. The second-order valence-corrected chi connectivity index (χ2v) is 6.73. The van der Waals surface area contributed by atoms with Gasteiger partial charge in [-0.2, -0.15) is 0 Å². The molecule has 4 nitrogen and oxygen atoms in total. The molecule has 136 valence electrons. The highest BCUT2D eigenvalue weighted by Crippen LogP contribution is 2.31. The predicted octanol–water partition coefficient (Wildman–Crippen LogP) is 4.28. The third-order valence-electron chi connectivity index (χ3n) is 4.78. The average Bonchev–Trinajstić information content (AvgIpc) is 3.04. The Labute approximate surface area is 145 Å². The maximum atomic E-state index is 11.3. The maximum Gasteiger partial charge on any atom is 0.303 e. The van der Waals surface area contributed by atoms with Crippen LogP contribution in [0.25, 0.3) is 0 Å². The largest absolute Gasteiger partial charge is 0.481 e. The van der Waals surface area contributed by atoms with Crippen molar-refractivity contribution >= 4 is 12.3 Å². The Morgan fingerprint density at radius 2 is 1.88 bits per heavy atom. The number of carboxylic acid groups (broad SMARTS) is 1. The molecule has 0 fully saturated rings. The molecule has 0 amide bonds. The van der Waals surface area contributed by atoms with E-state index >= 15 is 0 Å². The normalized spacial score (nSPS) is 18.7. The highest BCUT2D eigenvalue weighted by molar-refractivity contribution is 5.66. The van der Waals surface area contributed by atoms with E-state index in [1.54, 1.807) is 0 Å². The Bertz CT molecular complexity index is 425. The van der Waals surface area contributed by atoms with Gasteiger partial charge in [-0.1, -0.05) is 43.9 Å². The first-order valence-corrected chi connectivity index (χ1v) is 9.30. The molecule has 0 spiro atoms. The summed E-state index contributed by atoms with van der Waals surface area (Å²) in [5, 5.41) is 17.7. The zero-order valence-corrected chi connectivity index (χ0v) is 14.7. The number of aliphatic carboxylic acids is 1. The van der Waals surface area contributed by atoms with Crippen LogP contribution in [-0.2, 0) is 9.59 Å². The molecule has 0 aromatic rings. The number of allylic oxidation sites excluding steroid dienone is 3. The van der Waals surface area contributed by atoms with Gasteiger partial charge >= 0.3 is 5.97 Å². The number of carbonyl (C=O) groups excluding carboxylic acids is 1. The maximum absolute atomic E-state index is 11.3. The number of hydrogen-bond acceptors (Lipinski definition) is 3. The van der Waals surface area contributed by atoms with E-state index in [9.17, 15) is 9.59 Å². The van der Waals surface area contributed by atoms with Crippen LogP contribution >= 0.6 is 0 Å². The molecule has 24 heavy (non-hydrogen) atoms. The molecule has 0 heterocycles. The van der Waals surface area contributed by atoms with E-state index in [4.69, 9.17) is 10.2 Å². The second-order valence-electron chi connectivity index (χ2n) is 6.73. The summed E-state index contributed by atoms with van der Waals surface area (Å²) < 4.78 is 0. The molecule has 4 heteroatoms. The molecule has 0 aromatic carbocycles. The van der Waals surface area contributed by atoms with E-state index in [1.165, 1.54) is 12.8 Å². The van der Waals surface area contributed by atoms with Crippen LogP contribution in [0.15, 0.2) is 23.8 Å². The molecule has 1 rings (SSSR count). The summed E-state index contributed by atoms with van der Waals surface area (Å²) in [6, 6.07) is 0. The number of carbonyl (C=O) groups is 2. The first-order valence-electron chi connectivity index (χ1n) is 9.30. The summed E-state index contributed by atoms with van der Waals surface area (Å²) in [7, 11) is 0. The SMILES string of the molecule is O=CC(CCCCCCCC=CCCC(=O)O)C1C=C(CO)CC1. The van der Waals surface area contributed by atoms with Crippen molar-refractivity contribution in [3.63, 3.8) is 0 Å². The zero-order chi connectivity index (χ0) is 17.6. The van der Waals surface area contributed by atoms with Crippen molar-refractivity contribution in [1.29, 1.82) is 0 Å². The van der Waals surface area contributed by atoms with Gasteiger partial charge in [0.05, 0.1) is 6.61 Å². The Balaban J connectivity index is 2.00. The molecule has 0 saturated heterocycles. The van der Waals surface area contributed by atoms with E-state index in [-0.39, 0.29) is 18.9 Å². The standard InChI is InChI=1S/C20H32O4/c21-15-17-12-13-18(14-17)19(16-22)10-8-6-4-2-1-3-5-7-9-11-20(23)24/h5,7,14,16,18-19,21H,1-4,6,8-13,15H2,(H,23,24). The van der Waals surface area contributed by atoms with Gasteiger partial charge in [-0.15, -0.1) is 0 Å². The average molecular weight is 336 g/mol. The van der Waals surface area contributed by atoms with E-state index in [1.807, 2.05) is 6.08 Å². The number of carboxylic acids is 1. The smallest absolute Gasteiger partial charge is 0.303 e. The van der Waals surface area contributed by atoms with Crippen molar-refractivity contribution in [2.24, 2.45) is 11.8 Å². The minimum Gasteiger partial charge on any atom is -0.481 e. The number of unbranched alkanes of at least 4 members (excludes halogenated alkanes) is 5. The zero-order valence-electron chi connectivity index (χ0n) is 14.7. The Morgan fingerprint density at radius 3 is 2.54 bits per heavy atom. The fourth-order valence-corrected chi connectivity index (χ4v) is 3.29. The highest BCUT2D eigenvalue weighted by Gasteiger charge is 2.23. The quantitative estimate of drug-likeness (QED) is 0.282. The third-order valence-corrected chi connectivity index (χ3v) is 4.78. The van der Waals surface area contributed by atoms with Crippen molar-refractivity contribution in [3.8, 4) is 0 Å². The number of hydrogen-bond donors (Lipinski definition) is 2. The van der Waals surface area contributed by atoms with Crippen molar-refractivity contribution in [2.75, 3.05) is 6.61 Å². The van der Waals surface area contributed by atoms with Gasteiger partial charge in [-0.25, -0.2) is 0 Å². The van der Waals surface area contributed by atoms with E-state index in [0.29, 0.717) is 12.3 Å². The van der Waals surface area contributed by atoms with Gasteiger partial charge in [-0.3, -0.25) is 4.79 Å². The molecule has 0 aromatic heterocycles. The van der Waals surface area contributed by atoms with Crippen LogP contribution in [0.1, 0.15) is 70.6 Å². The molecule has 0 aliphatic heterocycles. The third kappa shape index (κ3) is 9.02. The van der Waals surface area contributed by atoms with Crippen molar-refractivity contribution in [1.82, 2.24) is 0 Å². The molecule has 0 saturated carbocycles. The van der Waals surface area contributed by atoms with Crippen LogP contribution in [0.2, 0.25) is 0 Å². The lowest BCUT2D eigenvalue weighted by Gasteiger charge is -2.15. The lowest BCUT2D eigenvalue weighted by molar-refractivity contribution is -0.136. The number of aliphatic hydroxyl groups is 1. The minimum atomic E-state index is -0.742. The fourth-order valence-electron chi connectivity index (χ4n) is 3.29. The van der Waals surface area contributed by atoms with Gasteiger partial charge < -0.3 is 15.0 Å². The number of aliphatic hydroxyl groups excluding tert-OH is 1. The second kappa shape index (κ2) is 12.9. The van der Waals surface area contributed by atoms with Crippen LogP contribution in [0.3, 0.4) is 0 Å². The summed E-state index contributed by atoms with van der Waals surface area (Å²) in [5.74, 6) is -0.291. The Hall–Kier alpha value is -1.42. The van der Waals surface area contributed by atoms with Crippen LogP contribution in [0.5, 0.6) is 0 Å². The minimum absolute atomic E-state index is 0.117. The summed E-state index contributed by atoms with van der Waals surface area (Å²) in [4.78, 5) is 21.6. The summed E-state index contributed by atoms with van der Waals surface area (Å²) in [5.41, 5.74) is 1.09. The Kier molecular flexibility index (Phi) is 11.1. The Morgan fingerprint density at radius 1 is 1.17 bits per heavy atom. The molecule has 2 unspecified atom stereocenters. The topological polar surface area (TPSA) is 74.6 Å². The van der Waals surface area contributed by atoms with Crippen LogP contribution in [0, 0.1) is 11.8 Å².